The first-order chi connectivity index (χ1) is 15.4. The van der Waals surface area contributed by atoms with Crippen LogP contribution in [0, 0.1) is 18.8 Å². The Morgan fingerprint density at radius 3 is 2.59 bits per heavy atom. The van der Waals surface area contributed by atoms with Crippen molar-refractivity contribution in [1.82, 2.24) is 14.8 Å². The molecule has 4 rings (SSSR count). The highest BCUT2D eigenvalue weighted by Gasteiger charge is 2.41. The molecule has 2 aromatic carbocycles. The lowest BCUT2D eigenvalue weighted by atomic mass is 9.85. The van der Waals surface area contributed by atoms with Gasteiger partial charge in [0, 0.05) is 17.5 Å². The minimum atomic E-state index is -0.249. The molecule has 0 bridgehead atoms. The molecule has 3 aromatic rings. The zero-order valence-corrected chi connectivity index (χ0v) is 19.9. The van der Waals surface area contributed by atoms with Crippen LogP contribution < -0.4 is 10.6 Å². The number of aryl methyl sites for hydroxylation is 1. The van der Waals surface area contributed by atoms with Gasteiger partial charge >= 0.3 is 0 Å². The first kappa shape index (κ1) is 22.4. The Kier molecular flexibility index (Phi) is 6.84. The van der Waals surface area contributed by atoms with Crippen LogP contribution in [0.2, 0.25) is 0 Å². The van der Waals surface area contributed by atoms with Gasteiger partial charge < -0.3 is 10.6 Å². The van der Waals surface area contributed by atoms with Crippen LogP contribution in [0.5, 0.6) is 0 Å². The van der Waals surface area contributed by atoms with Crippen LogP contribution in [-0.2, 0) is 10.5 Å². The first-order valence-corrected chi connectivity index (χ1v) is 12.2. The van der Waals surface area contributed by atoms with Crippen molar-refractivity contribution in [2.24, 2.45) is 11.8 Å². The molecule has 6 nitrogen and oxygen atoms in total. The summed E-state index contributed by atoms with van der Waals surface area (Å²) in [4.78, 5) is 18.1. The first-order valence-electron chi connectivity index (χ1n) is 11.2. The number of hydrogen-bond donors (Lipinski definition) is 2. The second-order valence-electron chi connectivity index (χ2n) is 8.89. The van der Waals surface area contributed by atoms with Crippen molar-refractivity contribution in [3.05, 3.63) is 65.7 Å². The van der Waals surface area contributed by atoms with Gasteiger partial charge in [0.05, 0.1) is 12.0 Å². The van der Waals surface area contributed by atoms with Crippen LogP contribution in [0.3, 0.4) is 0 Å². The zero-order valence-electron chi connectivity index (χ0n) is 19.1. The Morgan fingerprint density at radius 2 is 1.88 bits per heavy atom. The lowest BCUT2D eigenvalue weighted by molar-refractivity contribution is -0.122. The average Bonchev–Trinajstić information content (AvgIpc) is 3.16. The summed E-state index contributed by atoms with van der Waals surface area (Å²) in [6.07, 6.45) is 0.858. The van der Waals surface area contributed by atoms with E-state index in [1.807, 2.05) is 35.0 Å². The highest BCUT2D eigenvalue weighted by molar-refractivity contribution is 7.98. The number of rotatable bonds is 7. The number of amides is 1. The number of anilines is 2. The monoisotopic (exact) mass is 449 g/mol. The van der Waals surface area contributed by atoms with Crippen LogP contribution >= 0.6 is 11.8 Å². The number of aromatic nitrogens is 3. The van der Waals surface area contributed by atoms with Gasteiger partial charge in [-0.3, -0.25) is 4.79 Å². The molecule has 2 N–H and O–H groups in total. The minimum absolute atomic E-state index is 0.0112. The van der Waals surface area contributed by atoms with Gasteiger partial charge in [0.15, 0.2) is 0 Å². The third-order valence-corrected chi connectivity index (χ3v) is 6.80. The van der Waals surface area contributed by atoms with Gasteiger partial charge in [0.1, 0.15) is 0 Å². The molecule has 0 aliphatic carbocycles. The van der Waals surface area contributed by atoms with Crippen molar-refractivity contribution in [2.75, 3.05) is 10.6 Å². The predicted molar refractivity (Wildman–Crippen MR) is 131 cm³/mol. The maximum atomic E-state index is 13.3. The van der Waals surface area contributed by atoms with E-state index in [2.05, 4.69) is 62.6 Å². The number of benzene rings is 2. The normalized spacial score (nSPS) is 20.0. The number of nitrogens with one attached hydrogen (secondary N) is 2. The van der Waals surface area contributed by atoms with Gasteiger partial charge in [0.2, 0.25) is 17.0 Å². The van der Waals surface area contributed by atoms with Gasteiger partial charge in [-0.05, 0) is 49.4 Å². The van der Waals surface area contributed by atoms with Crippen molar-refractivity contribution in [1.29, 1.82) is 0 Å². The van der Waals surface area contributed by atoms with Crippen LogP contribution in [0.25, 0.3) is 0 Å². The number of hydrogen-bond acceptors (Lipinski definition) is 5. The molecule has 3 atom stereocenters. The second-order valence-corrected chi connectivity index (χ2v) is 9.83. The van der Waals surface area contributed by atoms with E-state index in [-0.39, 0.29) is 23.9 Å². The molecule has 1 amide bonds. The smallest absolute Gasteiger partial charge is 0.231 e. The number of para-hydroxylation sites is 1. The van der Waals surface area contributed by atoms with Gasteiger partial charge in [-0.15, -0.1) is 5.10 Å². The van der Waals surface area contributed by atoms with E-state index < -0.39 is 0 Å². The maximum absolute atomic E-state index is 13.3. The van der Waals surface area contributed by atoms with E-state index in [0.717, 1.165) is 29.0 Å². The Hall–Kier alpha value is -2.80. The summed E-state index contributed by atoms with van der Waals surface area (Å²) in [5.74, 6) is 1.76. The average molecular weight is 450 g/mol. The molecule has 168 valence electrons. The van der Waals surface area contributed by atoms with Gasteiger partial charge in [-0.1, -0.05) is 68.1 Å². The fraction of sp³-hybridized carbons (Fsp3) is 0.400. The third-order valence-electron chi connectivity index (χ3n) is 5.91. The Bertz CT molecular complexity index is 1070. The highest BCUT2D eigenvalue weighted by atomic mass is 32.2. The van der Waals surface area contributed by atoms with Gasteiger partial charge in [0.25, 0.3) is 0 Å². The van der Waals surface area contributed by atoms with Gasteiger partial charge in [-0.2, -0.15) is 4.98 Å². The number of fused-ring (bicyclic) bond motifs is 1. The van der Waals surface area contributed by atoms with E-state index in [1.165, 1.54) is 11.1 Å². The Labute approximate surface area is 194 Å². The van der Waals surface area contributed by atoms with E-state index >= 15 is 0 Å². The fourth-order valence-corrected chi connectivity index (χ4v) is 5.17. The molecule has 0 radical (unpaired) electrons. The summed E-state index contributed by atoms with van der Waals surface area (Å²) in [6, 6.07) is 17.9. The van der Waals surface area contributed by atoms with E-state index in [0.29, 0.717) is 5.92 Å². The topological polar surface area (TPSA) is 71.8 Å². The van der Waals surface area contributed by atoms with Crippen molar-refractivity contribution in [2.45, 2.75) is 57.1 Å². The SMILES string of the molecule is Cc1ccccc1CSc1nc2n(n1)[C@@H](CC(C)C)[C@H](C(=O)Nc1ccccc1)[C@@H](C)N2. The van der Waals surface area contributed by atoms with Crippen molar-refractivity contribution in [3.63, 3.8) is 0 Å². The lowest BCUT2D eigenvalue weighted by Gasteiger charge is -2.37. The molecule has 2 heterocycles. The third kappa shape index (κ3) is 4.99. The van der Waals surface area contributed by atoms with E-state index in [1.54, 1.807) is 11.8 Å². The molecule has 0 saturated carbocycles. The zero-order chi connectivity index (χ0) is 22.7. The summed E-state index contributed by atoms with van der Waals surface area (Å²) in [5, 5.41) is 12.1. The molecule has 0 fully saturated rings. The molecule has 1 aromatic heterocycles. The van der Waals surface area contributed by atoms with Crippen LogP contribution in [-0.4, -0.2) is 26.7 Å². The lowest BCUT2D eigenvalue weighted by Crippen LogP contribution is -2.46. The fourth-order valence-electron chi connectivity index (χ4n) is 4.27. The van der Waals surface area contributed by atoms with E-state index in [4.69, 9.17) is 10.1 Å². The maximum Gasteiger partial charge on any atom is 0.231 e. The number of carbonyl (C=O) groups is 1. The Morgan fingerprint density at radius 1 is 1.16 bits per heavy atom. The molecule has 7 heteroatoms. The molecule has 0 saturated heterocycles. The molecule has 32 heavy (non-hydrogen) atoms. The van der Waals surface area contributed by atoms with Crippen LogP contribution in [0.1, 0.15) is 44.4 Å². The number of carbonyl (C=O) groups excluding carboxylic acids is 1. The summed E-state index contributed by atoms with van der Waals surface area (Å²) in [7, 11) is 0. The van der Waals surface area contributed by atoms with Gasteiger partial charge in [-0.25, -0.2) is 4.68 Å². The van der Waals surface area contributed by atoms with Crippen LogP contribution in [0.15, 0.2) is 59.8 Å². The minimum Gasteiger partial charge on any atom is -0.351 e. The molecule has 0 unspecified atom stereocenters. The quantitative estimate of drug-likeness (QED) is 0.464. The highest BCUT2D eigenvalue weighted by Crippen LogP contribution is 2.37. The van der Waals surface area contributed by atoms with Crippen molar-refractivity contribution < 1.29 is 4.79 Å². The predicted octanol–water partition coefficient (Wildman–Crippen LogP) is 5.53. The molecule has 1 aliphatic rings. The molecule has 0 spiro atoms. The molecule has 1 aliphatic heterocycles. The second kappa shape index (κ2) is 9.77. The standard InChI is InChI=1S/C25H31N5OS/c1-16(2)14-21-22(23(31)27-20-12-6-5-7-13-20)18(4)26-24-28-25(29-30(21)24)32-15-19-11-9-8-10-17(19)3/h5-13,16,18,21-22H,14-15H2,1-4H3,(H,27,31)(H,26,28,29)/t18-,21+,22-/m1/s1. The van der Waals surface area contributed by atoms with E-state index in [9.17, 15) is 4.79 Å². The summed E-state index contributed by atoms with van der Waals surface area (Å²) >= 11 is 1.63. The molecular formula is C25H31N5OS. The largest absolute Gasteiger partial charge is 0.351 e. The van der Waals surface area contributed by atoms with Crippen molar-refractivity contribution >= 4 is 29.3 Å². The summed E-state index contributed by atoms with van der Waals surface area (Å²) in [5.41, 5.74) is 3.36. The number of nitrogens with zero attached hydrogens (tertiary/aromatic N) is 3. The summed E-state index contributed by atoms with van der Waals surface area (Å²) < 4.78 is 1.94. The Balaban J connectivity index is 1.57. The summed E-state index contributed by atoms with van der Waals surface area (Å²) in [6.45, 7) is 8.55. The van der Waals surface area contributed by atoms with Crippen LogP contribution in [0.4, 0.5) is 11.6 Å². The number of thioether (sulfide) groups is 1. The molecular weight excluding hydrogens is 418 g/mol. The van der Waals surface area contributed by atoms with Crippen molar-refractivity contribution in [3.8, 4) is 0 Å².